The predicted molar refractivity (Wildman–Crippen MR) is 122 cm³/mol. The maximum atomic E-state index is 13.4. The van der Waals surface area contributed by atoms with Gasteiger partial charge in [-0.15, -0.1) is 0 Å². The SMILES string of the molecule is CCN(CC)CCN(C(=O)c1cc(C(F)(F)F)cc(C(F)(F)F)c1)c1nc2ccc(OC)cc2s1. The number of nitrogens with zero attached hydrogens (tertiary/aromatic N) is 3. The lowest BCUT2D eigenvalue weighted by Crippen LogP contribution is -2.39. The summed E-state index contributed by atoms with van der Waals surface area (Å²) in [6, 6.07) is 5.90. The molecule has 0 aliphatic carbocycles. The third kappa shape index (κ3) is 6.23. The highest BCUT2D eigenvalue weighted by Gasteiger charge is 2.38. The first-order valence-electron chi connectivity index (χ1n) is 10.7. The van der Waals surface area contributed by atoms with Gasteiger partial charge < -0.3 is 9.64 Å². The van der Waals surface area contributed by atoms with Crippen LogP contribution in [-0.4, -0.2) is 49.1 Å². The number of halogens is 6. The number of amides is 1. The molecule has 35 heavy (non-hydrogen) atoms. The number of methoxy groups -OCH3 is 1. The summed E-state index contributed by atoms with van der Waals surface area (Å²) in [7, 11) is 1.48. The Morgan fingerprint density at radius 2 is 1.54 bits per heavy atom. The Morgan fingerprint density at radius 1 is 0.943 bits per heavy atom. The van der Waals surface area contributed by atoms with E-state index in [9.17, 15) is 31.1 Å². The first-order valence-corrected chi connectivity index (χ1v) is 11.5. The van der Waals surface area contributed by atoms with Crippen LogP contribution < -0.4 is 9.64 Å². The fourth-order valence-electron chi connectivity index (χ4n) is 3.43. The molecule has 3 rings (SSSR count). The zero-order chi connectivity index (χ0) is 26.0. The Balaban J connectivity index is 2.10. The second-order valence-electron chi connectivity index (χ2n) is 7.61. The van der Waals surface area contributed by atoms with E-state index in [1.165, 1.54) is 7.11 Å². The van der Waals surface area contributed by atoms with Gasteiger partial charge in [-0.05, 0) is 49.5 Å². The van der Waals surface area contributed by atoms with Crippen molar-refractivity contribution in [3.8, 4) is 5.75 Å². The predicted octanol–water partition coefficient (Wildman–Crippen LogP) is 6.33. The Morgan fingerprint density at radius 3 is 2.06 bits per heavy atom. The number of aromatic nitrogens is 1. The maximum Gasteiger partial charge on any atom is 0.416 e. The molecule has 0 aliphatic rings. The van der Waals surface area contributed by atoms with Gasteiger partial charge in [0.05, 0.1) is 28.5 Å². The summed E-state index contributed by atoms with van der Waals surface area (Å²) in [5, 5.41) is 0.163. The molecule has 0 saturated carbocycles. The summed E-state index contributed by atoms with van der Waals surface area (Å²) in [5.74, 6) is -0.457. The quantitative estimate of drug-likeness (QED) is 0.326. The third-order valence-electron chi connectivity index (χ3n) is 5.43. The minimum absolute atomic E-state index is 0.000978. The van der Waals surface area contributed by atoms with Crippen molar-refractivity contribution in [2.45, 2.75) is 26.2 Å². The highest BCUT2D eigenvalue weighted by Crippen LogP contribution is 2.37. The molecule has 0 fully saturated rings. The molecular formula is C23H23F6N3O2S. The molecule has 0 saturated heterocycles. The van der Waals surface area contributed by atoms with Gasteiger partial charge in [0.2, 0.25) is 0 Å². The molecule has 0 spiro atoms. The van der Waals surface area contributed by atoms with Crippen molar-refractivity contribution in [2.75, 3.05) is 38.2 Å². The Bertz CT molecular complexity index is 1160. The summed E-state index contributed by atoms with van der Waals surface area (Å²) in [6.07, 6.45) is -10.1. The normalized spacial score (nSPS) is 12.4. The van der Waals surface area contributed by atoms with Gasteiger partial charge in [0.25, 0.3) is 5.91 Å². The van der Waals surface area contributed by atoms with Crippen LogP contribution >= 0.6 is 11.3 Å². The number of ether oxygens (including phenoxy) is 1. The average Bonchev–Trinajstić information content (AvgIpc) is 3.23. The first-order chi connectivity index (χ1) is 16.4. The molecule has 0 aliphatic heterocycles. The lowest BCUT2D eigenvalue weighted by molar-refractivity contribution is -0.143. The van der Waals surface area contributed by atoms with E-state index in [1.807, 2.05) is 18.7 Å². The van der Waals surface area contributed by atoms with Crippen LogP contribution in [0, 0.1) is 0 Å². The van der Waals surface area contributed by atoms with E-state index in [1.54, 1.807) is 18.2 Å². The number of hydrogen-bond acceptors (Lipinski definition) is 5. The van der Waals surface area contributed by atoms with Gasteiger partial charge >= 0.3 is 12.4 Å². The number of benzene rings is 2. The van der Waals surface area contributed by atoms with Crippen molar-refractivity contribution in [3.05, 3.63) is 53.1 Å². The van der Waals surface area contributed by atoms with E-state index in [0.717, 1.165) is 16.2 Å². The first kappa shape index (κ1) is 26.7. The monoisotopic (exact) mass is 519 g/mol. The molecule has 3 aromatic rings. The van der Waals surface area contributed by atoms with Gasteiger partial charge in [-0.25, -0.2) is 4.98 Å². The molecule has 1 amide bonds. The van der Waals surface area contributed by atoms with Crippen LogP contribution in [0.15, 0.2) is 36.4 Å². The number of anilines is 1. The number of rotatable bonds is 8. The minimum atomic E-state index is -5.06. The van der Waals surface area contributed by atoms with Crippen molar-refractivity contribution >= 4 is 32.6 Å². The summed E-state index contributed by atoms with van der Waals surface area (Å²) in [5.41, 5.74) is -3.29. The van der Waals surface area contributed by atoms with E-state index in [4.69, 9.17) is 4.74 Å². The van der Waals surface area contributed by atoms with E-state index >= 15 is 0 Å². The molecule has 0 bridgehead atoms. The molecule has 190 valence electrons. The average molecular weight is 520 g/mol. The van der Waals surface area contributed by atoms with Gasteiger partial charge in [0.1, 0.15) is 5.75 Å². The van der Waals surface area contributed by atoms with Crippen LogP contribution in [0.3, 0.4) is 0 Å². The molecule has 0 N–H and O–H groups in total. The molecule has 5 nitrogen and oxygen atoms in total. The lowest BCUT2D eigenvalue weighted by Gasteiger charge is -2.25. The Hall–Kier alpha value is -2.86. The second-order valence-corrected chi connectivity index (χ2v) is 8.62. The van der Waals surface area contributed by atoms with Crippen LogP contribution in [-0.2, 0) is 12.4 Å². The van der Waals surface area contributed by atoms with Crippen molar-refractivity contribution in [3.63, 3.8) is 0 Å². The van der Waals surface area contributed by atoms with Crippen molar-refractivity contribution in [2.24, 2.45) is 0 Å². The Kier molecular flexibility index (Phi) is 7.95. The Labute approximate surface area is 201 Å². The zero-order valence-corrected chi connectivity index (χ0v) is 19.9. The summed E-state index contributed by atoms with van der Waals surface area (Å²) >= 11 is 1.10. The van der Waals surface area contributed by atoms with E-state index in [2.05, 4.69) is 4.98 Å². The molecule has 1 aromatic heterocycles. The van der Waals surface area contributed by atoms with Crippen LogP contribution in [0.2, 0.25) is 0 Å². The summed E-state index contributed by atoms with van der Waals surface area (Å²) in [6.45, 7) is 5.48. The number of alkyl halides is 6. The summed E-state index contributed by atoms with van der Waals surface area (Å²) in [4.78, 5) is 20.9. The molecule has 0 atom stereocenters. The van der Waals surface area contributed by atoms with E-state index in [0.29, 0.717) is 47.7 Å². The van der Waals surface area contributed by atoms with Gasteiger partial charge in [0, 0.05) is 18.7 Å². The topological polar surface area (TPSA) is 45.7 Å². The van der Waals surface area contributed by atoms with Gasteiger partial charge in [-0.2, -0.15) is 26.3 Å². The molecule has 12 heteroatoms. The minimum Gasteiger partial charge on any atom is -0.497 e. The van der Waals surface area contributed by atoms with Gasteiger partial charge in [-0.3, -0.25) is 9.69 Å². The summed E-state index contributed by atoms with van der Waals surface area (Å²) < 4.78 is 86.0. The number of carbonyl (C=O) groups is 1. The fraction of sp³-hybridized carbons (Fsp3) is 0.391. The highest BCUT2D eigenvalue weighted by atomic mass is 32.1. The smallest absolute Gasteiger partial charge is 0.416 e. The standard InChI is InChI=1S/C23H23F6N3O2S/c1-4-31(5-2)8-9-32(21-30-18-7-6-17(34-3)13-19(18)35-21)20(33)14-10-15(22(24,25)26)12-16(11-14)23(27,28)29/h6-7,10-13H,4-5,8-9H2,1-3H3. The largest absolute Gasteiger partial charge is 0.497 e. The van der Waals surface area contributed by atoms with Gasteiger partial charge in [-0.1, -0.05) is 25.2 Å². The van der Waals surface area contributed by atoms with Gasteiger partial charge in [0.15, 0.2) is 5.13 Å². The molecule has 1 heterocycles. The van der Waals surface area contributed by atoms with Crippen LogP contribution in [0.25, 0.3) is 10.2 Å². The molecule has 0 radical (unpaired) electrons. The molecular weight excluding hydrogens is 496 g/mol. The van der Waals surface area contributed by atoms with Crippen molar-refractivity contribution in [1.82, 2.24) is 9.88 Å². The fourth-order valence-corrected chi connectivity index (χ4v) is 4.45. The van der Waals surface area contributed by atoms with E-state index < -0.39 is 35.0 Å². The number of likely N-dealkylation sites (N-methyl/N-ethyl adjacent to an activating group) is 1. The van der Waals surface area contributed by atoms with E-state index in [-0.39, 0.29) is 17.7 Å². The number of thiazole rings is 1. The third-order valence-corrected chi connectivity index (χ3v) is 6.47. The molecule has 2 aromatic carbocycles. The van der Waals surface area contributed by atoms with Crippen LogP contribution in [0.1, 0.15) is 35.3 Å². The van der Waals surface area contributed by atoms with Crippen molar-refractivity contribution < 1.29 is 35.9 Å². The maximum absolute atomic E-state index is 13.4. The van der Waals surface area contributed by atoms with Crippen LogP contribution in [0.4, 0.5) is 31.5 Å². The van der Waals surface area contributed by atoms with Crippen molar-refractivity contribution in [1.29, 1.82) is 0 Å². The highest BCUT2D eigenvalue weighted by molar-refractivity contribution is 7.22. The number of carbonyl (C=O) groups excluding carboxylic acids is 1. The number of hydrogen-bond donors (Lipinski definition) is 0. The van der Waals surface area contributed by atoms with Crippen LogP contribution in [0.5, 0.6) is 5.75 Å². The lowest BCUT2D eigenvalue weighted by atomic mass is 10.0. The zero-order valence-electron chi connectivity index (χ0n) is 19.1. The molecule has 0 unspecified atom stereocenters. The second kappa shape index (κ2) is 10.4. The number of fused-ring (bicyclic) bond motifs is 1.